The second-order valence-electron chi connectivity index (χ2n) is 7.32. The van der Waals surface area contributed by atoms with E-state index in [1.165, 1.54) is 6.08 Å². The average Bonchev–Trinajstić information content (AvgIpc) is 3.27. The number of nitrogens with zero attached hydrogens (tertiary/aromatic N) is 3. The molecule has 3 rings (SSSR count). The van der Waals surface area contributed by atoms with Gasteiger partial charge in [-0.15, -0.1) is 0 Å². The Labute approximate surface area is 212 Å². The zero-order valence-corrected chi connectivity index (χ0v) is 21.4. The first-order chi connectivity index (χ1) is 16.6. The van der Waals surface area contributed by atoms with Crippen molar-refractivity contribution in [2.75, 3.05) is 18.2 Å². The van der Waals surface area contributed by atoms with Crippen LogP contribution in [0, 0.1) is 18.3 Å². The van der Waals surface area contributed by atoms with E-state index in [4.69, 9.17) is 21.1 Å². The molecule has 1 aromatic heterocycles. The maximum Gasteiger partial charge on any atom is 0.268 e. The van der Waals surface area contributed by atoms with Gasteiger partial charge in [0.05, 0.1) is 11.6 Å². The third-order valence-electron chi connectivity index (χ3n) is 4.47. The van der Waals surface area contributed by atoms with Crippen molar-refractivity contribution < 1.29 is 22.7 Å². The second kappa shape index (κ2) is 11.3. The molecule has 0 atom stereocenters. The summed E-state index contributed by atoms with van der Waals surface area (Å²) in [5.41, 5.74) is 2.27. The second-order valence-corrected chi connectivity index (χ2v) is 10.4. The van der Waals surface area contributed by atoms with Crippen LogP contribution in [0.15, 0.2) is 47.1 Å². The molecule has 182 valence electrons. The summed E-state index contributed by atoms with van der Waals surface area (Å²) in [5, 5.41) is 11.7. The molecule has 0 aliphatic carbocycles. The standard InChI is InChI=1S/C23H21ClN4O5S2/c1-4-32-19-11-16(10-18(24)20(19)33-13-15-7-5-14(2)6-8-15)9-17(12-25)21(29)26-22-27-23(28-34-22)35(3,30)31/h5-11H,4,13H2,1-3H3,(H,26,27,28,29)/b17-9-. The highest BCUT2D eigenvalue weighted by atomic mass is 35.5. The molecule has 0 aliphatic heterocycles. The minimum absolute atomic E-state index is 0.0514. The van der Waals surface area contributed by atoms with Gasteiger partial charge in [-0.3, -0.25) is 10.1 Å². The molecular weight excluding hydrogens is 512 g/mol. The average molecular weight is 533 g/mol. The van der Waals surface area contributed by atoms with E-state index in [9.17, 15) is 18.5 Å². The van der Waals surface area contributed by atoms with E-state index in [2.05, 4.69) is 14.7 Å². The van der Waals surface area contributed by atoms with E-state index in [-0.39, 0.29) is 22.3 Å². The zero-order chi connectivity index (χ0) is 25.6. The SMILES string of the molecule is CCOc1cc(/C=C(/C#N)C(=O)Nc2nc(S(C)(=O)=O)ns2)cc(Cl)c1OCc1ccc(C)cc1. The predicted octanol–water partition coefficient (Wildman–Crippen LogP) is 4.43. The number of anilines is 1. The van der Waals surface area contributed by atoms with E-state index >= 15 is 0 Å². The van der Waals surface area contributed by atoms with Gasteiger partial charge in [0, 0.05) is 17.8 Å². The van der Waals surface area contributed by atoms with Crippen molar-refractivity contribution in [1.82, 2.24) is 9.36 Å². The molecule has 3 aromatic rings. The van der Waals surface area contributed by atoms with Crippen LogP contribution in [0.4, 0.5) is 5.13 Å². The Morgan fingerprint density at radius 3 is 2.57 bits per heavy atom. The van der Waals surface area contributed by atoms with Gasteiger partial charge in [0.15, 0.2) is 11.5 Å². The molecule has 0 bridgehead atoms. The molecule has 1 heterocycles. The van der Waals surface area contributed by atoms with Crippen LogP contribution in [0.2, 0.25) is 5.02 Å². The van der Waals surface area contributed by atoms with Gasteiger partial charge in [-0.2, -0.15) is 14.6 Å². The predicted molar refractivity (Wildman–Crippen MR) is 133 cm³/mol. The molecule has 0 saturated carbocycles. The first kappa shape index (κ1) is 26.2. The molecule has 0 unspecified atom stereocenters. The van der Waals surface area contributed by atoms with Crippen molar-refractivity contribution in [3.05, 3.63) is 63.7 Å². The number of aryl methyl sites for hydroxylation is 1. The molecule has 0 radical (unpaired) electrons. The molecule has 2 aromatic carbocycles. The molecule has 1 amide bonds. The van der Waals surface area contributed by atoms with E-state index < -0.39 is 20.9 Å². The van der Waals surface area contributed by atoms with Gasteiger partial charge in [0.1, 0.15) is 18.2 Å². The van der Waals surface area contributed by atoms with Crippen LogP contribution in [0.3, 0.4) is 0 Å². The number of hydrogen-bond acceptors (Lipinski definition) is 9. The lowest BCUT2D eigenvalue weighted by Gasteiger charge is -2.15. The number of carbonyl (C=O) groups is 1. The van der Waals surface area contributed by atoms with Gasteiger partial charge >= 0.3 is 0 Å². The molecule has 0 aliphatic rings. The van der Waals surface area contributed by atoms with Crippen LogP contribution in [0.25, 0.3) is 6.08 Å². The van der Waals surface area contributed by atoms with Gasteiger partial charge in [0.2, 0.25) is 15.0 Å². The summed E-state index contributed by atoms with van der Waals surface area (Å²) >= 11 is 7.14. The van der Waals surface area contributed by atoms with Crippen molar-refractivity contribution in [3.63, 3.8) is 0 Å². The zero-order valence-electron chi connectivity index (χ0n) is 19.0. The Balaban J connectivity index is 1.83. The third kappa shape index (κ3) is 7.02. The van der Waals surface area contributed by atoms with Crippen molar-refractivity contribution >= 4 is 50.1 Å². The first-order valence-corrected chi connectivity index (χ1v) is 13.3. The summed E-state index contributed by atoms with van der Waals surface area (Å²) in [6, 6.07) is 12.8. The number of sulfone groups is 1. The van der Waals surface area contributed by atoms with Crippen molar-refractivity contribution in [2.45, 2.75) is 25.6 Å². The summed E-state index contributed by atoms with van der Waals surface area (Å²) in [4.78, 5) is 16.3. The normalized spacial score (nSPS) is 11.6. The highest BCUT2D eigenvalue weighted by Crippen LogP contribution is 2.38. The van der Waals surface area contributed by atoms with Gasteiger partial charge < -0.3 is 9.47 Å². The number of amides is 1. The number of halogens is 1. The highest BCUT2D eigenvalue weighted by Gasteiger charge is 2.18. The quantitative estimate of drug-likeness (QED) is 0.316. The summed E-state index contributed by atoms with van der Waals surface area (Å²) in [6.45, 7) is 4.42. The molecule has 35 heavy (non-hydrogen) atoms. The van der Waals surface area contributed by atoms with Crippen LogP contribution < -0.4 is 14.8 Å². The summed E-state index contributed by atoms with van der Waals surface area (Å²) in [6.07, 6.45) is 2.28. The Morgan fingerprint density at radius 2 is 1.97 bits per heavy atom. The van der Waals surface area contributed by atoms with Crippen molar-refractivity contribution in [1.29, 1.82) is 5.26 Å². The molecule has 0 saturated heterocycles. The fourth-order valence-corrected chi connectivity index (χ4v) is 4.52. The maximum atomic E-state index is 12.6. The molecule has 9 nitrogen and oxygen atoms in total. The van der Waals surface area contributed by atoms with E-state index in [0.717, 1.165) is 17.4 Å². The minimum atomic E-state index is -3.62. The van der Waals surface area contributed by atoms with Crippen LogP contribution in [0.5, 0.6) is 11.5 Å². The van der Waals surface area contributed by atoms with Gasteiger partial charge in [-0.05, 0) is 43.2 Å². The number of rotatable bonds is 9. The maximum absolute atomic E-state index is 12.6. The number of nitrogens with one attached hydrogen (secondary N) is 1. The largest absolute Gasteiger partial charge is 0.490 e. The van der Waals surface area contributed by atoms with Crippen molar-refractivity contribution in [2.24, 2.45) is 0 Å². The first-order valence-electron chi connectivity index (χ1n) is 10.2. The molecular formula is C23H21ClN4O5S2. The van der Waals surface area contributed by atoms with Crippen LogP contribution in [-0.4, -0.2) is 36.5 Å². The molecule has 0 spiro atoms. The monoisotopic (exact) mass is 532 g/mol. The minimum Gasteiger partial charge on any atom is -0.490 e. The lowest BCUT2D eigenvalue weighted by Crippen LogP contribution is -2.13. The topological polar surface area (TPSA) is 131 Å². The van der Waals surface area contributed by atoms with E-state index in [1.807, 2.05) is 37.3 Å². The Bertz CT molecular complexity index is 1410. The summed E-state index contributed by atoms with van der Waals surface area (Å²) < 4.78 is 38.3. The van der Waals surface area contributed by atoms with Crippen LogP contribution >= 0.6 is 23.1 Å². The number of hydrogen-bond donors (Lipinski definition) is 1. The number of carbonyl (C=O) groups excluding carboxylic acids is 1. The van der Waals surface area contributed by atoms with Gasteiger partial charge in [-0.25, -0.2) is 8.42 Å². The Kier molecular flexibility index (Phi) is 8.45. The van der Waals surface area contributed by atoms with Crippen LogP contribution in [-0.2, 0) is 21.2 Å². The smallest absolute Gasteiger partial charge is 0.268 e. The Morgan fingerprint density at radius 1 is 1.26 bits per heavy atom. The number of ether oxygens (including phenoxy) is 2. The van der Waals surface area contributed by atoms with Gasteiger partial charge in [0.25, 0.3) is 11.1 Å². The lowest BCUT2D eigenvalue weighted by atomic mass is 10.1. The fraction of sp³-hybridized carbons (Fsp3) is 0.217. The molecule has 1 N–H and O–H groups in total. The molecule has 0 fully saturated rings. The van der Waals surface area contributed by atoms with Gasteiger partial charge in [-0.1, -0.05) is 41.4 Å². The molecule has 12 heteroatoms. The number of nitriles is 1. The highest BCUT2D eigenvalue weighted by molar-refractivity contribution is 7.90. The number of aromatic nitrogens is 2. The lowest BCUT2D eigenvalue weighted by molar-refractivity contribution is -0.112. The van der Waals surface area contributed by atoms with Crippen molar-refractivity contribution in [3.8, 4) is 17.6 Å². The summed E-state index contributed by atoms with van der Waals surface area (Å²) in [5.74, 6) is -0.0770. The number of benzene rings is 2. The summed E-state index contributed by atoms with van der Waals surface area (Å²) in [7, 11) is -3.62. The van der Waals surface area contributed by atoms with E-state index in [0.29, 0.717) is 35.2 Å². The van der Waals surface area contributed by atoms with E-state index in [1.54, 1.807) is 19.1 Å². The Hall–Kier alpha value is -3.46. The van der Waals surface area contributed by atoms with Crippen LogP contribution in [0.1, 0.15) is 23.6 Å². The third-order valence-corrected chi connectivity index (χ3v) is 6.34. The fourth-order valence-electron chi connectivity index (χ4n) is 2.81.